The topological polar surface area (TPSA) is 17.1 Å². The van der Waals surface area contributed by atoms with E-state index in [2.05, 4.69) is 24.3 Å². The summed E-state index contributed by atoms with van der Waals surface area (Å²) in [4.78, 5) is 11.3. The van der Waals surface area contributed by atoms with Crippen LogP contribution in [0.1, 0.15) is 39.5 Å². The highest BCUT2D eigenvalue weighted by molar-refractivity contribution is 5.93. The molecule has 0 unspecified atom stereocenters. The lowest BCUT2D eigenvalue weighted by molar-refractivity contribution is 0.101. The predicted octanol–water partition coefficient (Wildman–Crippen LogP) is 5.60. The number of ketones is 1. The molecule has 0 aliphatic carbocycles. The highest BCUT2D eigenvalue weighted by Gasteiger charge is 2.01. The Balaban J connectivity index is 1.50. The van der Waals surface area contributed by atoms with Gasteiger partial charge in [-0.2, -0.15) is 0 Å². The maximum atomic E-state index is 12.9. The molecule has 0 aliphatic rings. The molecule has 132 valence electrons. The molecule has 2 heteroatoms. The van der Waals surface area contributed by atoms with Gasteiger partial charge >= 0.3 is 0 Å². The number of rotatable bonds is 7. The van der Waals surface area contributed by atoms with Gasteiger partial charge in [-0.15, -0.1) is 0 Å². The third-order valence-electron chi connectivity index (χ3n) is 4.70. The predicted molar refractivity (Wildman–Crippen MR) is 104 cm³/mol. The van der Waals surface area contributed by atoms with Crippen molar-refractivity contribution in [3.8, 4) is 0 Å². The van der Waals surface area contributed by atoms with Gasteiger partial charge in [0.2, 0.25) is 0 Å². The van der Waals surface area contributed by atoms with Crippen LogP contribution < -0.4 is 0 Å². The van der Waals surface area contributed by atoms with E-state index in [0.717, 1.165) is 36.8 Å². The van der Waals surface area contributed by atoms with Gasteiger partial charge in [-0.3, -0.25) is 4.79 Å². The van der Waals surface area contributed by atoms with E-state index >= 15 is 0 Å². The normalized spacial score (nSPS) is 10.7. The third kappa shape index (κ3) is 5.13. The van der Waals surface area contributed by atoms with Gasteiger partial charge in [0.15, 0.2) is 5.78 Å². The quantitative estimate of drug-likeness (QED) is 0.509. The summed E-state index contributed by atoms with van der Waals surface area (Å²) in [6.45, 7) is 1.59. The van der Waals surface area contributed by atoms with E-state index in [1.807, 2.05) is 36.4 Å². The average molecular weight is 346 g/mol. The smallest absolute Gasteiger partial charge is 0.159 e. The van der Waals surface area contributed by atoms with Crippen LogP contribution in [0.15, 0.2) is 72.8 Å². The second-order valence-electron chi connectivity index (χ2n) is 6.70. The van der Waals surface area contributed by atoms with E-state index in [1.165, 1.54) is 28.8 Å². The minimum Gasteiger partial charge on any atom is -0.295 e. The van der Waals surface area contributed by atoms with Crippen LogP contribution in [0.5, 0.6) is 0 Å². The zero-order valence-electron chi connectivity index (χ0n) is 15.0. The van der Waals surface area contributed by atoms with Gasteiger partial charge in [0, 0.05) is 5.56 Å². The third-order valence-corrected chi connectivity index (χ3v) is 4.70. The maximum absolute atomic E-state index is 12.9. The van der Waals surface area contributed by atoms with Crippen LogP contribution in [-0.2, 0) is 25.7 Å². The number of halogens is 1. The van der Waals surface area contributed by atoms with Crippen LogP contribution in [0, 0.1) is 5.82 Å². The van der Waals surface area contributed by atoms with Crippen LogP contribution in [0.25, 0.3) is 0 Å². The molecule has 0 heterocycles. The van der Waals surface area contributed by atoms with Gasteiger partial charge < -0.3 is 0 Å². The summed E-state index contributed by atoms with van der Waals surface area (Å²) in [5.74, 6) is -0.0817. The summed E-state index contributed by atoms with van der Waals surface area (Å²) in [5, 5.41) is 0. The van der Waals surface area contributed by atoms with Crippen LogP contribution >= 0.6 is 0 Å². The molecule has 0 spiro atoms. The molecule has 26 heavy (non-hydrogen) atoms. The summed E-state index contributed by atoms with van der Waals surface area (Å²) < 4.78 is 12.9. The summed E-state index contributed by atoms with van der Waals surface area (Å²) in [5.41, 5.74) is 5.77. The van der Waals surface area contributed by atoms with Crippen LogP contribution in [0.3, 0.4) is 0 Å². The fourth-order valence-corrected chi connectivity index (χ4v) is 3.01. The number of carbonyl (C=O) groups excluding carboxylic acids is 1. The van der Waals surface area contributed by atoms with Crippen molar-refractivity contribution in [2.45, 2.75) is 32.6 Å². The molecule has 0 radical (unpaired) electrons. The van der Waals surface area contributed by atoms with Gasteiger partial charge in [-0.05, 0) is 67.0 Å². The SMILES string of the molecule is CC(=O)c1ccc(CCc2ccc(CCc3ccc(F)cc3)cc2)cc1. The molecule has 0 N–H and O–H groups in total. The van der Waals surface area contributed by atoms with Gasteiger partial charge in [-0.1, -0.05) is 60.7 Å². The standard InChI is InChI=1S/C24H23FO/c1-18(26)23-14-10-21(11-15-23)8-6-19-2-4-20(5-3-19)7-9-22-12-16-24(25)17-13-22/h2-5,10-17H,6-9H2,1H3. The lowest BCUT2D eigenvalue weighted by atomic mass is 9.99. The van der Waals surface area contributed by atoms with E-state index < -0.39 is 0 Å². The van der Waals surface area contributed by atoms with E-state index in [-0.39, 0.29) is 11.6 Å². The Morgan fingerprint density at radius 1 is 0.615 bits per heavy atom. The van der Waals surface area contributed by atoms with Crippen LogP contribution in [0.4, 0.5) is 4.39 Å². The summed E-state index contributed by atoms with van der Waals surface area (Å²) in [6.07, 6.45) is 3.82. The van der Waals surface area contributed by atoms with Crippen molar-refractivity contribution < 1.29 is 9.18 Å². The number of benzene rings is 3. The molecule has 0 amide bonds. The first-order valence-corrected chi connectivity index (χ1v) is 9.02. The van der Waals surface area contributed by atoms with Crippen molar-refractivity contribution in [2.24, 2.45) is 0 Å². The minimum atomic E-state index is -0.186. The first kappa shape index (κ1) is 18.1. The van der Waals surface area contributed by atoms with E-state index in [9.17, 15) is 9.18 Å². The number of carbonyl (C=O) groups is 1. The molecule has 0 saturated heterocycles. The fraction of sp³-hybridized carbons (Fsp3) is 0.208. The van der Waals surface area contributed by atoms with E-state index in [1.54, 1.807) is 6.92 Å². The zero-order valence-corrected chi connectivity index (χ0v) is 15.0. The summed E-state index contributed by atoms with van der Waals surface area (Å²) >= 11 is 0. The van der Waals surface area contributed by atoms with Gasteiger partial charge in [0.05, 0.1) is 0 Å². The zero-order chi connectivity index (χ0) is 18.4. The highest BCUT2D eigenvalue weighted by Crippen LogP contribution is 2.13. The molecule has 0 aromatic heterocycles. The second-order valence-corrected chi connectivity index (χ2v) is 6.70. The Morgan fingerprint density at radius 2 is 0.923 bits per heavy atom. The molecule has 3 rings (SSSR count). The maximum Gasteiger partial charge on any atom is 0.159 e. The number of hydrogen-bond donors (Lipinski definition) is 0. The Labute approximate surface area is 154 Å². The van der Waals surface area contributed by atoms with Crippen molar-refractivity contribution in [2.75, 3.05) is 0 Å². The first-order valence-electron chi connectivity index (χ1n) is 9.02. The molecule has 0 atom stereocenters. The van der Waals surface area contributed by atoms with Crippen molar-refractivity contribution in [3.05, 3.63) is 106 Å². The van der Waals surface area contributed by atoms with E-state index in [4.69, 9.17) is 0 Å². The minimum absolute atomic E-state index is 0.104. The largest absolute Gasteiger partial charge is 0.295 e. The lowest BCUT2D eigenvalue weighted by Gasteiger charge is -2.06. The summed E-state index contributed by atoms with van der Waals surface area (Å²) in [7, 11) is 0. The Hall–Kier alpha value is -2.74. The number of Topliss-reactive ketones (excluding diaryl/α,β-unsaturated/α-hetero) is 1. The molecule has 0 aliphatic heterocycles. The van der Waals surface area contributed by atoms with Crippen molar-refractivity contribution >= 4 is 5.78 Å². The molecule has 3 aromatic rings. The highest BCUT2D eigenvalue weighted by atomic mass is 19.1. The monoisotopic (exact) mass is 346 g/mol. The van der Waals surface area contributed by atoms with Gasteiger partial charge in [-0.25, -0.2) is 4.39 Å². The Morgan fingerprint density at radius 3 is 1.27 bits per heavy atom. The molecule has 0 fully saturated rings. The first-order chi connectivity index (χ1) is 12.6. The van der Waals surface area contributed by atoms with Crippen molar-refractivity contribution in [1.82, 2.24) is 0 Å². The second kappa shape index (κ2) is 8.57. The van der Waals surface area contributed by atoms with Gasteiger partial charge in [0.1, 0.15) is 5.82 Å². The molecule has 0 saturated carbocycles. The lowest BCUT2D eigenvalue weighted by Crippen LogP contribution is -1.96. The molecular formula is C24H23FO. The molecule has 0 bridgehead atoms. The van der Waals surface area contributed by atoms with Crippen molar-refractivity contribution in [1.29, 1.82) is 0 Å². The Kier molecular flexibility index (Phi) is 5.96. The van der Waals surface area contributed by atoms with Crippen molar-refractivity contribution in [3.63, 3.8) is 0 Å². The van der Waals surface area contributed by atoms with Crippen LogP contribution in [-0.4, -0.2) is 5.78 Å². The molecule has 1 nitrogen and oxygen atoms in total. The summed E-state index contributed by atoms with van der Waals surface area (Å²) in [6, 6.07) is 23.3. The number of aryl methyl sites for hydroxylation is 4. The van der Waals surface area contributed by atoms with Crippen LogP contribution in [0.2, 0.25) is 0 Å². The number of hydrogen-bond acceptors (Lipinski definition) is 1. The fourth-order valence-electron chi connectivity index (χ4n) is 3.01. The average Bonchev–Trinajstić information content (AvgIpc) is 2.67. The molecule has 3 aromatic carbocycles. The Bertz CT molecular complexity index is 846. The van der Waals surface area contributed by atoms with Gasteiger partial charge in [0.25, 0.3) is 0 Å². The molecular weight excluding hydrogens is 323 g/mol. The van der Waals surface area contributed by atoms with E-state index in [0.29, 0.717) is 0 Å².